The molecule has 2 fully saturated rings. The summed E-state index contributed by atoms with van der Waals surface area (Å²) < 4.78 is 11.0. The van der Waals surface area contributed by atoms with Crippen LogP contribution in [-0.4, -0.2) is 88.0 Å². The highest BCUT2D eigenvalue weighted by molar-refractivity contribution is 5.00. The van der Waals surface area contributed by atoms with Crippen LogP contribution in [0.4, 0.5) is 0 Å². The quantitative estimate of drug-likeness (QED) is 0.248. The van der Waals surface area contributed by atoms with E-state index in [4.69, 9.17) is 32.4 Å². The zero-order valence-corrected chi connectivity index (χ0v) is 12.1. The van der Waals surface area contributed by atoms with Gasteiger partial charge in [-0.1, -0.05) is 0 Å². The van der Waals surface area contributed by atoms with Gasteiger partial charge in [0.15, 0.2) is 6.29 Å². The second kappa shape index (κ2) is 7.01. The summed E-state index contributed by atoms with van der Waals surface area (Å²) in [6.07, 6.45) is -6.35. The first kappa shape index (κ1) is 17.9. The van der Waals surface area contributed by atoms with Crippen molar-refractivity contribution in [2.24, 2.45) is 22.9 Å². The van der Waals surface area contributed by atoms with Crippen LogP contribution in [0.15, 0.2) is 0 Å². The summed E-state index contributed by atoms with van der Waals surface area (Å²) in [5, 5.41) is 38.9. The Morgan fingerprint density at radius 1 is 0.909 bits per heavy atom. The van der Waals surface area contributed by atoms with Crippen molar-refractivity contribution in [3.63, 3.8) is 0 Å². The van der Waals surface area contributed by atoms with E-state index < -0.39 is 67.6 Å². The van der Waals surface area contributed by atoms with Crippen molar-refractivity contribution in [1.82, 2.24) is 0 Å². The van der Waals surface area contributed by atoms with Crippen LogP contribution in [0.5, 0.6) is 0 Å². The summed E-state index contributed by atoms with van der Waals surface area (Å²) in [6.45, 7) is -0.464. The Morgan fingerprint density at radius 2 is 1.55 bits per heavy atom. The van der Waals surface area contributed by atoms with Gasteiger partial charge in [-0.2, -0.15) is 0 Å². The third-order valence-corrected chi connectivity index (χ3v) is 4.41. The van der Waals surface area contributed by atoms with E-state index in [2.05, 4.69) is 0 Å². The van der Waals surface area contributed by atoms with Gasteiger partial charge in [-0.3, -0.25) is 0 Å². The Balaban J connectivity index is 2.08. The van der Waals surface area contributed by atoms with Crippen molar-refractivity contribution in [3.05, 3.63) is 0 Å². The Labute approximate surface area is 128 Å². The highest BCUT2D eigenvalue weighted by Crippen LogP contribution is 2.26. The van der Waals surface area contributed by atoms with Crippen LogP contribution in [0, 0.1) is 0 Å². The minimum atomic E-state index is -1.30. The molecule has 1 heterocycles. The largest absolute Gasteiger partial charge is 0.394 e. The Bertz CT molecular complexity index is 376. The molecule has 2 aliphatic rings. The molecule has 0 bridgehead atoms. The van der Waals surface area contributed by atoms with Gasteiger partial charge >= 0.3 is 0 Å². The van der Waals surface area contributed by atoms with Crippen LogP contribution in [0.1, 0.15) is 6.42 Å². The van der Waals surface area contributed by atoms with E-state index in [9.17, 15) is 20.4 Å². The number of aliphatic hydroxyl groups is 4. The molecule has 1 aliphatic carbocycles. The molecule has 0 spiro atoms. The maximum absolute atomic E-state index is 10.1. The zero-order chi connectivity index (χ0) is 16.6. The van der Waals surface area contributed by atoms with Crippen molar-refractivity contribution in [2.75, 3.05) is 6.61 Å². The van der Waals surface area contributed by atoms with Gasteiger partial charge in [-0.25, -0.2) is 0 Å². The predicted molar refractivity (Wildman–Crippen MR) is 75.2 cm³/mol. The molecular weight excluding hydrogens is 296 g/mol. The molecule has 10 heteroatoms. The Morgan fingerprint density at radius 3 is 2.14 bits per heavy atom. The molecule has 10 atom stereocenters. The van der Waals surface area contributed by atoms with Crippen molar-refractivity contribution in [2.45, 2.75) is 67.4 Å². The lowest BCUT2D eigenvalue weighted by Gasteiger charge is -2.46. The lowest BCUT2D eigenvalue weighted by atomic mass is 9.84. The van der Waals surface area contributed by atoms with Gasteiger partial charge in [0.05, 0.1) is 30.9 Å². The number of aliphatic hydroxyl groups excluding tert-OH is 4. The number of hydrogen-bond donors (Lipinski definition) is 8. The summed E-state index contributed by atoms with van der Waals surface area (Å²) in [6, 6.07) is -3.04. The number of rotatable bonds is 3. The SMILES string of the molecule is N[C@H]1[C@@H](O[C@H]2[C@H](O)[C@@H](O)[C@H](N)C[C@@H]2N)O[C@H](CO)[C@@H](O)[C@H]1N. The molecule has 2 rings (SSSR count). The molecule has 1 saturated carbocycles. The lowest BCUT2D eigenvalue weighted by molar-refractivity contribution is -0.277. The predicted octanol–water partition coefficient (Wildman–Crippen LogP) is -5.12. The molecule has 1 aliphatic heterocycles. The summed E-state index contributed by atoms with van der Waals surface area (Å²) in [7, 11) is 0. The van der Waals surface area contributed by atoms with E-state index in [0.717, 1.165) is 0 Å². The molecule has 130 valence electrons. The van der Waals surface area contributed by atoms with E-state index in [1.807, 2.05) is 0 Å². The minimum absolute atomic E-state index is 0.253. The monoisotopic (exact) mass is 322 g/mol. The fraction of sp³-hybridized carbons (Fsp3) is 1.00. The molecular formula is C12H26N4O6. The van der Waals surface area contributed by atoms with Gasteiger partial charge < -0.3 is 52.8 Å². The third-order valence-electron chi connectivity index (χ3n) is 4.41. The lowest BCUT2D eigenvalue weighted by Crippen LogP contribution is -2.68. The highest BCUT2D eigenvalue weighted by Gasteiger charge is 2.47. The van der Waals surface area contributed by atoms with E-state index in [1.54, 1.807) is 0 Å². The normalized spacial score (nSPS) is 53.5. The molecule has 0 radical (unpaired) electrons. The summed E-state index contributed by atoms with van der Waals surface area (Å²) in [4.78, 5) is 0. The topological polar surface area (TPSA) is 203 Å². The fourth-order valence-corrected chi connectivity index (χ4v) is 2.90. The second-order valence-corrected chi connectivity index (χ2v) is 6.02. The Kier molecular flexibility index (Phi) is 5.72. The minimum Gasteiger partial charge on any atom is -0.394 e. The van der Waals surface area contributed by atoms with Crippen molar-refractivity contribution in [3.8, 4) is 0 Å². The summed E-state index contributed by atoms with van der Waals surface area (Å²) >= 11 is 0. The van der Waals surface area contributed by atoms with Crippen molar-refractivity contribution in [1.29, 1.82) is 0 Å². The average molecular weight is 322 g/mol. The number of hydrogen-bond acceptors (Lipinski definition) is 10. The van der Waals surface area contributed by atoms with Crippen LogP contribution < -0.4 is 22.9 Å². The molecule has 1 saturated heterocycles. The summed E-state index contributed by atoms with van der Waals surface area (Å²) in [5.41, 5.74) is 23.3. The standard InChI is InChI=1S/C12H26N4O6/c13-3-1-4(14)11(10(20)8(3)18)22-12-7(16)6(15)9(19)5(2-17)21-12/h3-12,17-20H,1-2,13-16H2/t3-,4+,5-,6+,7-,8+,9-,10-,11-,12-/m1/s1. The zero-order valence-electron chi connectivity index (χ0n) is 12.1. The van der Waals surface area contributed by atoms with E-state index in [-0.39, 0.29) is 6.42 Å². The first-order valence-corrected chi connectivity index (χ1v) is 7.26. The van der Waals surface area contributed by atoms with Gasteiger partial charge in [-0.15, -0.1) is 0 Å². The molecule has 12 N–H and O–H groups in total. The molecule has 0 unspecified atom stereocenters. The van der Waals surface area contributed by atoms with E-state index >= 15 is 0 Å². The van der Waals surface area contributed by atoms with Gasteiger partial charge in [0, 0.05) is 12.1 Å². The maximum atomic E-state index is 10.1. The number of ether oxygens (including phenoxy) is 2. The third kappa shape index (κ3) is 3.26. The average Bonchev–Trinajstić information content (AvgIpc) is 2.49. The number of nitrogens with two attached hydrogens (primary N) is 4. The van der Waals surface area contributed by atoms with Crippen molar-refractivity contribution >= 4 is 0 Å². The van der Waals surface area contributed by atoms with Crippen LogP contribution in [0.3, 0.4) is 0 Å². The first-order valence-electron chi connectivity index (χ1n) is 7.26. The van der Waals surface area contributed by atoms with Crippen LogP contribution in [-0.2, 0) is 9.47 Å². The van der Waals surface area contributed by atoms with E-state index in [1.165, 1.54) is 0 Å². The molecule has 10 nitrogen and oxygen atoms in total. The first-order chi connectivity index (χ1) is 10.3. The van der Waals surface area contributed by atoms with Gasteiger partial charge in [0.2, 0.25) is 0 Å². The molecule has 0 aromatic heterocycles. The van der Waals surface area contributed by atoms with Crippen LogP contribution in [0.2, 0.25) is 0 Å². The van der Waals surface area contributed by atoms with Crippen LogP contribution >= 0.6 is 0 Å². The fourth-order valence-electron chi connectivity index (χ4n) is 2.90. The maximum Gasteiger partial charge on any atom is 0.175 e. The molecule has 0 aromatic carbocycles. The molecule has 0 amide bonds. The van der Waals surface area contributed by atoms with Crippen molar-refractivity contribution < 1.29 is 29.9 Å². The van der Waals surface area contributed by atoms with Gasteiger partial charge in [0.25, 0.3) is 0 Å². The van der Waals surface area contributed by atoms with Gasteiger partial charge in [-0.05, 0) is 6.42 Å². The van der Waals surface area contributed by atoms with Gasteiger partial charge in [0.1, 0.15) is 18.3 Å². The van der Waals surface area contributed by atoms with E-state index in [0.29, 0.717) is 0 Å². The summed E-state index contributed by atoms with van der Waals surface area (Å²) in [5.74, 6) is 0. The second-order valence-electron chi connectivity index (χ2n) is 6.02. The van der Waals surface area contributed by atoms with Crippen LogP contribution in [0.25, 0.3) is 0 Å². The molecule has 22 heavy (non-hydrogen) atoms. The highest BCUT2D eigenvalue weighted by atomic mass is 16.7. The molecule has 0 aromatic rings. The Hall–Kier alpha value is -0.400. The smallest absolute Gasteiger partial charge is 0.175 e.